The Bertz CT molecular complexity index is 442. The monoisotopic (exact) mass is 287 g/mol. The van der Waals surface area contributed by atoms with Crippen molar-refractivity contribution >= 4 is 35.3 Å². The number of imidazole rings is 1. The van der Waals surface area contributed by atoms with Crippen LogP contribution >= 0.6 is 23.5 Å². The molecule has 2 N–H and O–H groups in total. The standard InChI is InChI=1S/C11H17N3O2S2/c1-7-13-9(11(15)16-2)10(12)14(7)5-8-6-17-3-4-18-8/h8H,3-6,12H2,1-2H3. The van der Waals surface area contributed by atoms with E-state index >= 15 is 0 Å². The number of rotatable bonds is 3. The second kappa shape index (κ2) is 5.88. The SMILES string of the molecule is COC(=O)c1nc(C)n(CC2CSCCS2)c1N. The van der Waals surface area contributed by atoms with E-state index in [1.807, 2.05) is 35.0 Å². The normalized spacial score (nSPS) is 19.8. The minimum absolute atomic E-state index is 0.225. The van der Waals surface area contributed by atoms with Crippen molar-refractivity contribution < 1.29 is 9.53 Å². The summed E-state index contributed by atoms with van der Waals surface area (Å²) in [5.74, 6) is 4.22. The lowest BCUT2D eigenvalue weighted by Crippen LogP contribution is -2.22. The molecule has 1 aromatic rings. The summed E-state index contributed by atoms with van der Waals surface area (Å²) in [4.78, 5) is 15.7. The summed E-state index contributed by atoms with van der Waals surface area (Å²) in [6.45, 7) is 2.67. The number of carbonyl (C=O) groups is 1. The molecule has 0 aromatic carbocycles. The van der Waals surface area contributed by atoms with Crippen molar-refractivity contribution in [1.82, 2.24) is 9.55 Å². The van der Waals surface area contributed by atoms with Crippen molar-refractivity contribution in [2.75, 3.05) is 30.1 Å². The van der Waals surface area contributed by atoms with Gasteiger partial charge in [0.15, 0.2) is 5.69 Å². The minimum Gasteiger partial charge on any atom is -0.464 e. The molecule has 1 atom stereocenters. The maximum absolute atomic E-state index is 11.5. The number of hydrogen-bond donors (Lipinski definition) is 1. The average Bonchev–Trinajstić information content (AvgIpc) is 2.67. The van der Waals surface area contributed by atoms with Crippen molar-refractivity contribution in [2.24, 2.45) is 0 Å². The van der Waals surface area contributed by atoms with Crippen LogP contribution in [0.4, 0.5) is 5.82 Å². The Balaban J connectivity index is 2.17. The van der Waals surface area contributed by atoms with Gasteiger partial charge in [0.1, 0.15) is 11.6 Å². The van der Waals surface area contributed by atoms with Gasteiger partial charge in [0, 0.05) is 29.1 Å². The lowest BCUT2D eigenvalue weighted by Gasteiger charge is -2.22. The fourth-order valence-electron chi connectivity index (χ4n) is 1.90. The third-order valence-corrected chi connectivity index (χ3v) is 5.67. The molecule has 2 rings (SSSR count). The number of thioether (sulfide) groups is 2. The fraction of sp³-hybridized carbons (Fsp3) is 0.636. The molecule has 5 nitrogen and oxygen atoms in total. The summed E-state index contributed by atoms with van der Waals surface area (Å²) in [6, 6.07) is 0. The lowest BCUT2D eigenvalue weighted by molar-refractivity contribution is 0.0595. The van der Waals surface area contributed by atoms with Crippen LogP contribution in [-0.4, -0.2) is 45.1 Å². The summed E-state index contributed by atoms with van der Waals surface area (Å²) in [5, 5.41) is 0.532. The molecule has 0 bridgehead atoms. The second-order valence-electron chi connectivity index (χ2n) is 4.06. The van der Waals surface area contributed by atoms with Crippen LogP contribution in [0.3, 0.4) is 0 Å². The third-order valence-electron chi connectivity index (χ3n) is 2.85. The number of ether oxygens (including phenoxy) is 1. The van der Waals surface area contributed by atoms with Gasteiger partial charge in [-0.1, -0.05) is 0 Å². The first kappa shape index (κ1) is 13.6. The molecule has 1 saturated heterocycles. The molecule has 1 aliphatic rings. The fourth-order valence-corrected chi connectivity index (χ4v) is 4.56. The van der Waals surface area contributed by atoms with Crippen molar-refractivity contribution in [3.63, 3.8) is 0 Å². The molecule has 0 spiro atoms. The molecule has 2 heterocycles. The van der Waals surface area contributed by atoms with E-state index in [2.05, 4.69) is 9.72 Å². The van der Waals surface area contributed by atoms with Gasteiger partial charge in [-0.2, -0.15) is 23.5 Å². The number of aryl methyl sites for hydroxylation is 1. The second-order valence-corrected chi connectivity index (χ2v) is 6.62. The van der Waals surface area contributed by atoms with Crippen LogP contribution in [0.5, 0.6) is 0 Å². The minimum atomic E-state index is -0.472. The highest BCUT2D eigenvalue weighted by molar-refractivity contribution is 8.06. The van der Waals surface area contributed by atoms with Gasteiger partial charge >= 0.3 is 5.97 Å². The van der Waals surface area contributed by atoms with Crippen LogP contribution in [0.2, 0.25) is 0 Å². The average molecular weight is 287 g/mol. The number of anilines is 1. The first-order valence-corrected chi connectivity index (χ1v) is 7.94. The Kier molecular flexibility index (Phi) is 4.45. The van der Waals surface area contributed by atoms with Gasteiger partial charge in [0.05, 0.1) is 7.11 Å². The van der Waals surface area contributed by atoms with Gasteiger partial charge in [-0.05, 0) is 6.92 Å². The van der Waals surface area contributed by atoms with Crippen LogP contribution in [0.15, 0.2) is 0 Å². The van der Waals surface area contributed by atoms with Gasteiger partial charge in [-0.25, -0.2) is 9.78 Å². The quantitative estimate of drug-likeness (QED) is 0.848. The van der Waals surface area contributed by atoms with E-state index in [1.165, 1.54) is 18.6 Å². The number of nitrogens with zero attached hydrogens (tertiary/aromatic N) is 2. The third kappa shape index (κ3) is 2.77. The van der Waals surface area contributed by atoms with Gasteiger partial charge < -0.3 is 15.0 Å². The maximum atomic E-state index is 11.5. The molecule has 1 fully saturated rings. The van der Waals surface area contributed by atoms with E-state index in [-0.39, 0.29) is 5.69 Å². The Morgan fingerprint density at radius 2 is 2.39 bits per heavy atom. The van der Waals surface area contributed by atoms with E-state index in [4.69, 9.17) is 5.73 Å². The number of nitrogens with two attached hydrogens (primary N) is 1. The van der Waals surface area contributed by atoms with Crippen LogP contribution < -0.4 is 5.73 Å². The van der Waals surface area contributed by atoms with Crippen molar-refractivity contribution in [1.29, 1.82) is 0 Å². The number of carbonyl (C=O) groups excluding carboxylic acids is 1. The predicted octanol–water partition coefficient (Wildman–Crippen LogP) is 1.41. The van der Waals surface area contributed by atoms with Crippen LogP contribution in [0.1, 0.15) is 16.3 Å². The van der Waals surface area contributed by atoms with Crippen molar-refractivity contribution in [3.8, 4) is 0 Å². The Morgan fingerprint density at radius 1 is 1.61 bits per heavy atom. The number of nitrogen functional groups attached to an aromatic ring is 1. The molecule has 0 aliphatic carbocycles. The van der Waals surface area contributed by atoms with E-state index in [0.717, 1.165) is 18.1 Å². The maximum Gasteiger partial charge on any atom is 0.360 e. The molecule has 0 saturated carbocycles. The van der Waals surface area contributed by atoms with Crippen molar-refractivity contribution in [3.05, 3.63) is 11.5 Å². The van der Waals surface area contributed by atoms with E-state index in [9.17, 15) is 4.79 Å². The summed E-state index contributed by atoms with van der Waals surface area (Å²) in [5.41, 5.74) is 6.21. The number of esters is 1. The van der Waals surface area contributed by atoms with Gasteiger partial charge in [0.25, 0.3) is 0 Å². The zero-order chi connectivity index (χ0) is 13.1. The smallest absolute Gasteiger partial charge is 0.360 e. The molecule has 100 valence electrons. The van der Waals surface area contributed by atoms with Crippen LogP contribution in [0.25, 0.3) is 0 Å². The van der Waals surface area contributed by atoms with E-state index in [0.29, 0.717) is 11.1 Å². The summed E-state index contributed by atoms with van der Waals surface area (Å²) in [7, 11) is 1.34. The molecule has 1 unspecified atom stereocenters. The summed E-state index contributed by atoms with van der Waals surface area (Å²) in [6.07, 6.45) is 0. The van der Waals surface area contributed by atoms with Gasteiger partial charge in [0.2, 0.25) is 0 Å². The lowest BCUT2D eigenvalue weighted by atomic mass is 10.4. The van der Waals surface area contributed by atoms with Crippen molar-refractivity contribution in [2.45, 2.75) is 18.7 Å². The zero-order valence-electron chi connectivity index (χ0n) is 10.5. The Labute approximate surface area is 115 Å². The largest absolute Gasteiger partial charge is 0.464 e. The van der Waals surface area contributed by atoms with E-state index < -0.39 is 5.97 Å². The number of methoxy groups -OCH3 is 1. The summed E-state index contributed by atoms with van der Waals surface area (Å²) >= 11 is 3.92. The van der Waals surface area contributed by atoms with Crippen LogP contribution in [0, 0.1) is 6.92 Å². The summed E-state index contributed by atoms with van der Waals surface area (Å²) < 4.78 is 6.58. The molecule has 0 radical (unpaired) electrons. The molecule has 1 aliphatic heterocycles. The van der Waals surface area contributed by atoms with Crippen LogP contribution in [-0.2, 0) is 11.3 Å². The predicted molar refractivity (Wildman–Crippen MR) is 76.3 cm³/mol. The highest BCUT2D eigenvalue weighted by atomic mass is 32.2. The Hall–Kier alpha value is -0.820. The highest BCUT2D eigenvalue weighted by Crippen LogP contribution is 2.27. The Morgan fingerprint density at radius 3 is 3.00 bits per heavy atom. The molecule has 1 aromatic heterocycles. The molecule has 7 heteroatoms. The first-order valence-electron chi connectivity index (χ1n) is 5.73. The van der Waals surface area contributed by atoms with Gasteiger partial charge in [-0.15, -0.1) is 0 Å². The molecule has 0 amide bonds. The topological polar surface area (TPSA) is 70.1 Å². The molecular formula is C11H17N3O2S2. The first-order chi connectivity index (χ1) is 8.63. The number of aromatic nitrogens is 2. The number of hydrogen-bond acceptors (Lipinski definition) is 6. The van der Waals surface area contributed by atoms with E-state index in [1.54, 1.807) is 0 Å². The molecule has 18 heavy (non-hydrogen) atoms. The van der Waals surface area contributed by atoms with Gasteiger partial charge in [-0.3, -0.25) is 0 Å². The zero-order valence-corrected chi connectivity index (χ0v) is 12.1. The highest BCUT2D eigenvalue weighted by Gasteiger charge is 2.22. The molecular weight excluding hydrogens is 270 g/mol.